The van der Waals surface area contributed by atoms with Crippen molar-refractivity contribution in [3.05, 3.63) is 36.1 Å². The Hall–Kier alpha value is -1.79. The lowest BCUT2D eigenvalue weighted by molar-refractivity contribution is 0.376. The van der Waals surface area contributed by atoms with E-state index in [-0.39, 0.29) is 12.0 Å². The minimum atomic E-state index is 0.145. The number of nitriles is 1. The molecule has 0 amide bonds. The van der Waals surface area contributed by atoms with E-state index in [1.165, 1.54) is 0 Å². The van der Waals surface area contributed by atoms with E-state index in [0.717, 1.165) is 36.0 Å². The highest BCUT2D eigenvalue weighted by Gasteiger charge is 2.28. The number of hydrogen-bond donors (Lipinski definition) is 1. The predicted molar refractivity (Wildman–Crippen MR) is 74.5 cm³/mol. The van der Waals surface area contributed by atoms with Gasteiger partial charge in [0.05, 0.1) is 18.0 Å². The van der Waals surface area contributed by atoms with Crippen molar-refractivity contribution in [2.45, 2.75) is 38.3 Å². The van der Waals surface area contributed by atoms with Gasteiger partial charge >= 0.3 is 0 Å². The molecule has 1 aromatic carbocycles. The van der Waals surface area contributed by atoms with Gasteiger partial charge in [0, 0.05) is 11.4 Å². The third-order valence-corrected chi connectivity index (χ3v) is 4.02. The van der Waals surface area contributed by atoms with E-state index in [2.05, 4.69) is 30.4 Å². The van der Waals surface area contributed by atoms with Crippen molar-refractivity contribution in [1.82, 2.24) is 5.32 Å². The van der Waals surface area contributed by atoms with E-state index in [1.54, 1.807) is 0 Å². The first kappa shape index (κ1) is 12.3. The number of benzene rings is 1. The fourth-order valence-electron chi connectivity index (χ4n) is 2.93. The number of hydrogen-bond acceptors (Lipinski definition) is 3. The van der Waals surface area contributed by atoms with Gasteiger partial charge in [-0.05, 0) is 31.9 Å². The molecule has 0 aliphatic heterocycles. The van der Waals surface area contributed by atoms with Crippen molar-refractivity contribution in [2.75, 3.05) is 0 Å². The van der Waals surface area contributed by atoms with Crippen molar-refractivity contribution in [1.29, 1.82) is 5.26 Å². The first-order chi connectivity index (χ1) is 9.28. The van der Waals surface area contributed by atoms with E-state index >= 15 is 0 Å². The third-order valence-electron chi connectivity index (χ3n) is 4.02. The molecule has 3 rings (SSSR count). The molecule has 1 fully saturated rings. The van der Waals surface area contributed by atoms with E-state index in [4.69, 9.17) is 9.68 Å². The van der Waals surface area contributed by atoms with Crippen LogP contribution in [0.25, 0.3) is 11.0 Å². The summed E-state index contributed by atoms with van der Waals surface area (Å²) in [4.78, 5) is 0. The lowest BCUT2D eigenvalue weighted by Crippen LogP contribution is -2.33. The van der Waals surface area contributed by atoms with Crippen molar-refractivity contribution < 1.29 is 4.42 Å². The Bertz CT molecular complexity index is 577. The summed E-state index contributed by atoms with van der Waals surface area (Å²) < 4.78 is 5.86. The highest BCUT2D eigenvalue weighted by Crippen LogP contribution is 2.29. The zero-order valence-corrected chi connectivity index (χ0v) is 11.1. The molecule has 0 spiro atoms. The highest BCUT2D eigenvalue weighted by atomic mass is 16.3. The van der Waals surface area contributed by atoms with Crippen LogP contribution in [-0.4, -0.2) is 6.04 Å². The summed E-state index contributed by atoms with van der Waals surface area (Å²) in [5.74, 6) is 1.09. The van der Waals surface area contributed by atoms with Crippen molar-refractivity contribution >= 4 is 11.0 Å². The van der Waals surface area contributed by atoms with Crippen LogP contribution < -0.4 is 5.32 Å². The summed E-state index contributed by atoms with van der Waals surface area (Å²) in [6.45, 7) is 2.10. The molecule has 1 aliphatic rings. The van der Waals surface area contributed by atoms with E-state index in [9.17, 15) is 0 Å². The van der Waals surface area contributed by atoms with Gasteiger partial charge in [-0.3, -0.25) is 0 Å². The predicted octanol–water partition coefficient (Wildman–Crippen LogP) is 3.78. The molecule has 1 N–H and O–H groups in total. The van der Waals surface area contributed by atoms with Crippen LogP contribution in [0, 0.1) is 17.2 Å². The van der Waals surface area contributed by atoms with Crippen molar-refractivity contribution in [3.8, 4) is 6.07 Å². The summed E-state index contributed by atoms with van der Waals surface area (Å²) in [5.41, 5.74) is 0.925. The summed E-state index contributed by atoms with van der Waals surface area (Å²) in [6.07, 6.45) is 3.24. The molecule has 19 heavy (non-hydrogen) atoms. The Morgan fingerprint density at radius 3 is 3.00 bits per heavy atom. The Labute approximate surface area is 113 Å². The molecule has 1 saturated carbocycles. The van der Waals surface area contributed by atoms with Crippen LogP contribution >= 0.6 is 0 Å². The molecule has 1 heterocycles. The Morgan fingerprint density at radius 2 is 2.21 bits per heavy atom. The van der Waals surface area contributed by atoms with Crippen LogP contribution in [0.5, 0.6) is 0 Å². The second kappa shape index (κ2) is 5.07. The fourth-order valence-corrected chi connectivity index (χ4v) is 2.93. The molecule has 2 aromatic rings. The maximum Gasteiger partial charge on any atom is 0.134 e. The van der Waals surface area contributed by atoms with Gasteiger partial charge in [-0.15, -0.1) is 0 Å². The van der Waals surface area contributed by atoms with Crippen LogP contribution in [0.4, 0.5) is 0 Å². The topological polar surface area (TPSA) is 49.0 Å². The number of nitrogens with one attached hydrogen (secondary N) is 1. The average molecular weight is 254 g/mol. The number of rotatable bonds is 3. The molecule has 3 nitrogen and oxygen atoms in total. The van der Waals surface area contributed by atoms with Gasteiger partial charge in [0.2, 0.25) is 0 Å². The second-order valence-corrected chi connectivity index (χ2v) is 5.35. The molecule has 3 atom stereocenters. The van der Waals surface area contributed by atoms with E-state index < -0.39 is 0 Å². The molecule has 3 heteroatoms. The quantitative estimate of drug-likeness (QED) is 0.906. The minimum Gasteiger partial charge on any atom is -0.459 e. The van der Waals surface area contributed by atoms with Gasteiger partial charge in [-0.25, -0.2) is 0 Å². The number of fused-ring (bicyclic) bond motifs is 1. The first-order valence-corrected chi connectivity index (χ1v) is 6.92. The maximum atomic E-state index is 9.12. The molecule has 1 aromatic heterocycles. The molecule has 3 unspecified atom stereocenters. The van der Waals surface area contributed by atoms with Gasteiger partial charge in [-0.2, -0.15) is 5.26 Å². The zero-order chi connectivity index (χ0) is 13.2. The standard InChI is InChI=1S/C16H18N2O/c1-11(18-14-7-4-6-13(14)10-17)16-9-12-5-2-3-8-15(12)19-16/h2-3,5,8-9,11,13-14,18H,4,6-7H2,1H3. The summed E-state index contributed by atoms with van der Waals surface area (Å²) in [7, 11) is 0. The normalized spacial score (nSPS) is 24.4. The lowest BCUT2D eigenvalue weighted by atomic mass is 10.0. The fraction of sp³-hybridized carbons (Fsp3) is 0.438. The van der Waals surface area contributed by atoms with Gasteiger partial charge in [0.25, 0.3) is 0 Å². The number of nitrogens with zero attached hydrogens (tertiary/aromatic N) is 1. The first-order valence-electron chi connectivity index (χ1n) is 6.92. The minimum absolute atomic E-state index is 0.145. The van der Waals surface area contributed by atoms with Gasteiger partial charge in [-0.1, -0.05) is 24.6 Å². The number of furan rings is 1. The maximum absolute atomic E-state index is 9.12. The Kier molecular flexibility index (Phi) is 3.27. The molecule has 0 radical (unpaired) electrons. The van der Waals surface area contributed by atoms with Crippen LogP contribution in [0.15, 0.2) is 34.7 Å². The second-order valence-electron chi connectivity index (χ2n) is 5.35. The highest BCUT2D eigenvalue weighted by molar-refractivity contribution is 5.77. The zero-order valence-electron chi connectivity index (χ0n) is 11.1. The van der Waals surface area contributed by atoms with Crippen molar-refractivity contribution in [3.63, 3.8) is 0 Å². The molecule has 0 bridgehead atoms. The van der Waals surface area contributed by atoms with Gasteiger partial charge in [0.1, 0.15) is 11.3 Å². The van der Waals surface area contributed by atoms with Crippen molar-refractivity contribution in [2.24, 2.45) is 5.92 Å². The van der Waals surface area contributed by atoms with Gasteiger partial charge < -0.3 is 9.73 Å². The number of para-hydroxylation sites is 1. The summed E-state index contributed by atoms with van der Waals surface area (Å²) in [5, 5.41) is 13.8. The molecular weight excluding hydrogens is 236 g/mol. The average Bonchev–Trinajstić information content (AvgIpc) is 3.03. The van der Waals surface area contributed by atoms with Gasteiger partial charge in [0.15, 0.2) is 0 Å². The molecule has 98 valence electrons. The van der Waals surface area contributed by atoms with E-state index in [1.807, 2.05) is 18.2 Å². The Balaban J connectivity index is 1.76. The Morgan fingerprint density at radius 1 is 1.37 bits per heavy atom. The third kappa shape index (κ3) is 2.36. The molecular formula is C16H18N2O. The van der Waals surface area contributed by atoms with Crippen LogP contribution in [0.2, 0.25) is 0 Å². The monoisotopic (exact) mass is 254 g/mol. The van der Waals surface area contributed by atoms with Crippen LogP contribution in [-0.2, 0) is 0 Å². The van der Waals surface area contributed by atoms with Crippen LogP contribution in [0.1, 0.15) is 38.0 Å². The molecule has 0 saturated heterocycles. The summed E-state index contributed by atoms with van der Waals surface area (Å²) in [6, 6.07) is 13.0. The lowest BCUT2D eigenvalue weighted by Gasteiger charge is -2.19. The largest absolute Gasteiger partial charge is 0.459 e. The SMILES string of the molecule is CC(NC1CCCC1C#N)c1cc2ccccc2o1. The van der Waals surface area contributed by atoms with Crippen LogP contribution in [0.3, 0.4) is 0 Å². The molecule has 1 aliphatic carbocycles. The summed E-state index contributed by atoms with van der Waals surface area (Å²) >= 11 is 0. The smallest absolute Gasteiger partial charge is 0.134 e. The van der Waals surface area contributed by atoms with E-state index in [0.29, 0.717) is 6.04 Å².